The fraction of sp³-hybridized carbons (Fsp3) is 0.273. The molecular formula is C22H24N4O4. The molecule has 0 bridgehead atoms. The minimum Gasteiger partial charge on any atom is -0.388 e. The number of carbonyl (C=O) groups excluding carboxylic acids is 2. The predicted molar refractivity (Wildman–Crippen MR) is 113 cm³/mol. The molecule has 2 aromatic carbocycles. The largest absolute Gasteiger partial charge is 0.437 e. The Hall–Kier alpha value is -3.68. The van der Waals surface area contributed by atoms with Crippen LogP contribution in [0.5, 0.6) is 0 Å². The van der Waals surface area contributed by atoms with Gasteiger partial charge in [0, 0.05) is 23.7 Å². The van der Waals surface area contributed by atoms with Crippen molar-refractivity contribution in [2.24, 2.45) is 5.92 Å². The summed E-state index contributed by atoms with van der Waals surface area (Å²) < 4.78 is 6.11. The predicted octanol–water partition coefficient (Wildman–Crippen LogP) is 2.80. The number of anilines is 1. The van der Waals surface area contributed by atoms with Crippen LogP contribution in [0.1, 0.15) is 25.8 Å². The minimum atomic E-state index is -0.696. The van der Waals surface area contributed by atoms with E-state index in [2.05, 4.69) is 15.7 Å². The van der Waals surface area contributed by atoms with Crippen LogP contribution in [-0.2, 0) is 22.7 Å². The highest BCUT2D eigenvalue weighted by Crippen LogP contribution is 2.14. The molecule has 1 atom stereocenters. The molecule has 3 rings (SSSR count). The summed E-state index contributed by atoms with van der Waals surface area (Å²) >= 11 is 0. The second-order valence-electron chi connectivity index (χ2n) is 6.97. The first-order chi connectivity index (χ1) is 14.5. The van der Waals surface area contributed by atoms with E-state index in [9.17, 15) is 14.4 Å². The zero-order chi connectivity index (χ0) is 21.5. The molecule has 2 N–H and O–H groups in total. The fourth-order valence-corrected chi connectivity index (χ4v) is 2.71. The summed E-state index contributed by atoms with van der Waals surface area (Å²) in [7, 11) is 0. The van der Waals surface area contributed by atoms with Gasteiger partial charge in [0.15, 0.2) is 0 Å². The molecule has 156 valence electrons. The third-order valence-corrected chi connectivity index (χ3v) is 4.66. The Balaban J connectivity index is 1.58. The SMILES string of the molecule is CCC(C)C(=O)Nc1cccc(CNC(=O)Cn2nc(-c3ccccc3)oc2=O)c1. The molecule has 0 fully saturated rings. The van der Waals surface area contributed by atoms with Gasteiger partial charge < -0.3 is 15.1 Å². The molecule has 2 amide bonds. The van der Waals surface area contributed by atoms with Gasteiger partial charge in [0.1, 0.15) is 6.54 Å². The molecule has 3 aromatic rings. The van der Waals surface area contributed by atoms with E-state index in [0.29, 0.717) is 11.3 Å². The lowest BCUT2D eigenvalue weighted by atomic mass is 10.1. The van der Waals surface area contributed by atoms with Crippen LogP contribution in [0.2, 0.25) is 0 Å². The van der Waals surface area contributed by atoms with Crippen LogP contribution in [0, 0.1) is 5.92 Å². The van der Waals surface area contributed by atoms with Crippen LogP contribution < -0.4 is 16.4 Å². The first-order valence-corrected chi connectivity index (χ1v) is 9.76. The molecule has 1 heterocycles. The van der Waals surface area contributed by atoms with E-state index in [4.69, 9.17) is 4.42 Å². The standard InChI is InChI=1S/C22H24N4O4/c1-3-15(2)20(28)24-18-11-7-8-16(12-18)13-23-19(27)14-26-22(29)30-21(25-26)17-9-5-4-6-10-17/h4-12,15H,3,13-14H2,1-2H3,(H,23,27)(H,24,28). The number of hydrogen-bond donors (Lipinski definition) is 2. The molecule has 0 radical (unpaired) electrons. The van der Waals surface area contributed by atoms with Crippen molar-refractivity contribution in [3.05, 3.63) is 70.7 Å². The molecule has 8 nitrogen and oxygen atoms in total. The highest BCUT2D eigenvalue weighted by molar-refractivity contribution is 5.92. The number of aromatic nitrogens is 2. The van der Waals surface area contributed by atoms with Crippen molar-refractivity contribution in [3.8, 4) is 11.5 Å². The van der Waals surface area contributed by atoms with Crippen LogP contribution >= 0.6 is 0 Å². The molecule has 0 aliphatic rings. The molecule has 0 spiro atoms. The normalized spacial score (nSPS) is 11.7. The van der Waals surface area contributed by atoms with Gasteiger partial charge >= 0.3 is 5.76 Å². The third-order valence-electron chi connectivity index (χ3n) is 4.66. The fourth-order valence-electron chi connectivity index (χ4n) is 2.71. The molecule has 30 heavy (non-hydrogen) atoms. The summed E-state index contributed by atoms with van der Waals surface area (Å²) in [6, 6.07) is 16.2. The molecule has 0 aliphatic heterocycles. The summed E-state index contributed by atoms with van der Waals surface area (Å²) in [5.74, 6) is -1.02. The molecule has 1 unspecified atom stereocenters. The van der Waals surface area contributed by atoms with Gasteiger partial charge in [0.05, 0.1) is 0 Å². The smallest absolute Gasteiger partial charge is 0.388 e. The van der Waals surface area contributed by atoms with E-state index in [1.54, 1.807) is 36.4 Å². The number of nitrogens with one attached hydrogen (secondary N) is 2. The molecule has 0 saturated carbocycles. The number of benzene rings is 2. The number of carbonyl (C=O) groups is 2. The highest BCUT2D eigenvalue weighted by Gasteiger charge is 2.13. The van der Waals surface area contributed by atoms with Gasteiger partial charge in [-0.1, -0.05) is 44.2 Å². The number of amides is 2. The van der Waals surface area contributed by atoms with Crippen LogP contribution in [0.4, 0.5) is 5.69 Å². The molecule has 1 aromatic heterocycles. The van der Waals surface area contributed by atoms with Crippen molar-refractivity contribution >= 4 is 17.5 Å². The van der Waals surface area contributed by atoms with E-state index >= 15 is 0 Å². The van der Waals surface area contributed by atoms with Gasteiger partial charge in [-0.25, -0.2) is 4.79 Å². The maximum absolute atomic E-state index is 12.3. The van der Waals surface area contributed by atoms with Gasteiger partial charge in [-0.15, -0.1) is 5.10 Å². The van der Waals surface area contributed by atoms with Crippen LogP contribution in [0.15, 0.2) is 63.8 Å². The van der Waals surface area contributed by atoms with E-state index < -0.39 is 5.76 Å². The lowest BCUT2D eigenvalue weighted by molar-refractivity contribution is -0.122. The maximum Gasteiger partial charge on any atom is 0.437 e. The van der Waals surface area contributed by atoms with Gasteiger partial charge in [0.25, 0.3) is 0 Å². The Kier molecular flexibility index (Phi) is 6.79. The third kappa shape index (κ3) is 5.44. The summed E-state index contributed by atoms with van der Waals surface area (Å²) in [4.78, 5) is 36.2. The van der Waals surface area contributed by atoms with E-state index in [0.717, 1.165) is 16.7 Å². The van der Waals surface area contributed by atoms with Crippen molar-refractivity contribution in [2.75, 3.05) is 5.32 Å². The number of hydrogen-bond acceptors (Lipinski definition) is 5. The van der Waals surface area contributed by atoms with Gasteiger partial charge in [0.2, 0.25) is 17.7 Å². The first kappa shape index (κ1) is 21.0. The Bertz CT molecular complexity index is 1070. The van der Waals surface area contributed by atoms with Crippen molar-refractivity contribution in [1.29, 1.82) is 0 Å². The van der Waals surface area contributed by atoms with Crippen molar-refractivity contribution < 1.29 is 14.0 Å². The quantitative estimate of drug-likeness (QED) is 0.596. The molecule has 0 saturated heterocycles. The zero-order valence-corrected chi connectivity index (χ0v) is 16.9. The number of nitrogens with zero attached hydrogens (tertiary/aromatic N) is 2. The second-order valence-corrected chi connectivity index (χ2v) is 6.97. The Morgan fingerprint density at radius 1 is 1.13 bits per heavy atom. The second kappa shape index (κ2) is 9.69. The average molecular weight is 408 g/mol. The van der Waals surface area contributed by atoms with E-state index in [1.165, 1.54) is 0 Å². The maximum atomic E-state index is 12.3. The van der Waals surface area contributed by atoms with Gasteiger partial charge in [-0.05, 0) is 36.2 Å². The molecular weight excluding hydrogens is 384 g/mol. The summed E-state index contributed by atoms with van der Waals surface area (Å²) in [5.41, 5.74) is 2.15. The van der Waals surface area contributed by atoms with Crippen molar-refractivity contribution in [1.82, 2.24) is 15.1 Å². The first-order valence-electron chi connectivity index (χ1n) is 9.76. The highest BCUT2D eigenvalue weighted by atomic mass is 16.4. The Morgan fingerprint density at radius 2 is 1.90 bits per heavy atom. The van der Waals surface area contributed by atoms with Crippen LogP contribution in [0.3, 0.4) is 0 Å². The van der Waals surface area contributed by atoms with Gasteiger partial charge in [-0.2, -0.15) is 4.68 Å². The molecule has 8 heteroatoms. The summed E-state index contributed by atoms with van der Waals surface area (Å²) in [5, 5.41) is 9.69. The monoisotopic (exact) mass is 408 g/mol. The summed E-state index contributed by atoms with van der Waals surface area (Å²) in [6.07, 6.45) is 0.759. The van der Waals surface area contributed by atoms with E-state index in [-0.39, 0.29) is 36.7 Å². The van der Waals surface area contributed by atoms with Crippen molar-refractivity contribution in [2.45, 2.75) is 33.4 Å². The van der Waals surface area contributed by atoms with Crippen molar-refractivity contribution in [3.63, 3.8) is 0 Å². The van der Waals surface area contributed by atoms with Gasteiger partial charge in [-0.3, -0.25) is 9.59 Å². The Labute approximate surface area is 173 Å². The lowest BCUT2D eigenvalue weighted by Crippen LogP contribution is -2.31. The van der Waals surface area contributed by atoms with Crippen LogP contribution in [0.25, 0.3) is 11.5 Å². The minimum absolute atomic E-state index is 0.0432. The summed E-state index contributed by atoms with van der Waals surface area (Å²) in [6.45, 7) is 3.83. The lowest BCUT2D eigenvalue weighted by Gasteiger charge is -2.11. The van der Waals surface area contributed by atoms with Crippen LogP contribution in [-0.4, -0.2) is 21.6 Å². The number of rotatable bonds is 8. The molecule has 0 aliphatic carbocycles. The van der Waals surface area contributed by atoms with E-state index in [1.807, 2.05) is 32.0 Å². The zero-order valence-electron chi connectivity index (χ0n) is 16.9. The Morgan fingerprint density at radius 3 is 2.63 bits per heavy atom. The average Bonchev–Trinajstić information content (AvgIpc) is 3.12. The topological polar surface area (TPSA) is 106 Å².